The van der Waals surface area contributed by atoms with Crippen LogP contribution in [-0.4, -0.2) is 34.9 Å². The Morgan fingerprint density at radius 2 is 0.587 bits per heavy atom. The Morgan fingerprint density at radius 1 is 0.365 bits per heavy atom. The number of aliphatic hydroxyl groups is 2. The first-order valence-electron chi connectivity index (χ1n) is 29.4. The summed E-state index contributed by atoms with van der Waals surface area (Å²) in [5.41, 5.74) is 0. The Bertz CT molecular complexity index is 875. The largest absolute Gasteiger partial charge is 0.394 e. The van der Waals surface area contributed by atoms with Crippen molar-refractivity contribution in [2.45, 2.75) is 353 Å². The maximum absolute atomic E-state index is 12.5. The number of carbonyl (C=O) groups excluding carboxylic acids is 1. The predicted octanol–water partition coefficient (Wildman–Crippen LogP) is 19.3. The van der Waals surface area contributed by atoms with E-state index in [4.69, 9.17) is 0 Å². The molecule has 0 aromatic heterocycles. The molecule has 4 nitrogen and oxygen atoms in total. The molecule has 0 aromatic carbocycles. The average Bonchev–Trinajstić information content (AvgIpc) is 3.29. The Morgan fingerprint density at radius 3 is 0.825 bits per heavy atom. The van der Waals surface area contributed by atoms with E-state index >= 15 is 0 Å². The summed E-state index contributed by atoms with van der Waals surface area (Å²) in [6.07, 6.45) is 72.5. The van der Waals surface area contributed by atoms with Gasteiger partial charge in [0.15, 0.2) is 0 Å². The van der Waals surface area contributed by atoms with Gasteiger partial charge in [-0.1, -0.05) is 328 Å². The van der Waals surface area contributed by atoms with Crippen molar-refractivity contribution < 1.29 is 15.0 Å². The van der Waals surface area contributed by atoms with Crippen LogP contribution in [0.3, 0.4) is 0 Å². The molecule has 0 aliphatic heterocycles. The number of rotatable bonds is 55. The van der Waals surface area contributed by atoms with Crippen LogP contribution in [0.4, 0.5) is 0 Å². The van der Waals surface area contributed by atoms with Crippen LogP contribution in [0.1, 0.15) is 341 Å². The molecule has 2 unspecified atom stereocenters. The van der Waals surface area contributed by atoms with E-state index in [9.17, 15) is 15.0 Å². The van der Waals surface area contributed by atoms with Gasteiger partial charge in [0, 0.05) is 6.42 Å². The Kier molecular flexibility index (Phi) is 54.7. The third-order valence-electron chi connectivity index (χ3n) is 14.0. The molecule has 63 heavy (non-hydrogen) atoms. The fourth-order valence-corrected chi connectivity index (χ4v) is 9.54. The highest BCUT2D eigenvalue weighted by Crippen LogP contribution is 2.18. The molecule has 0 rings (SSSR count). The number of hydrogen-bond donors (Lipinski definition) is 3. The standard InChI is InChI=1S/C59H117NO3/c1-3-5-7-9-11-13-15-17-19-21-22-23-24-25-26-27-28-29-30-31-32-33-34-35-36-37-39-41-43-45-47-49-51-53-55-59(63)60-57(56-61)58(62)54-52-50-48-46-44-42-40-38-20-18-16-14-12-10-8-6-4-2/h52,54,57-58,61-62H,3-51,53,55-56H2,1-2H3,(H,60,63)/b54-52+. The van der Waals surface area contributed by atoms with Crippen LogP contribution in [0, 0.1) is 0 Å². The van der Waals surface area contributed by atoms with Crippen molar-refractivity contribution in [1.29, 1.82) is 0 Å². The van der Waals surface area contributed by atoms with Gasteiger partial charge in [-0.3, -0.25) is 4.79 Å². The van der Waals surface area contributed by atoms with Gasteiger partial charge in [-0.2, -0.15) is 0 Å². The fraction of sp³-hybridized carbons (Fsp3) is 0.949. The van der Waals surface area contributed by atoms with E-state index in [1.54, 1.807) is 6.08 Å². The molecule has 0 aliphatic rings. The van der Waals surface area contributed by atoms with Crippen LogP contribution in [0.5, 0.6) is 0 Å². The lowest BCUT2D eigenvalue weighted by Crippen LogP contribution is -2.45. The van der Waals surface area contributed by atoms with Crippen molar-refractivity contribution in [2.75, 3.05) is 6.61 Å². The summed E-state index contributed by atoms with van der Waals surface area (Å²) in [5.74, 6) is -0.0557. The topological polar surface area (TPSA) is 69.6 Å². The van der Waals surface area contributed by atoms with Crippen molar-refractivity contribution in [3.05, 3.63) is 12.2 Å². The third-order valence-corrected chi connectivity index (χ3v) is 14.0. The first kappa shape index (κ1) is 62.1. The van der Waals surface area contributed by atoms with Gasteiger partial charge >= 0.3 is 0 Å². The smallest absolute Gasteiger partial charge is 0.220 e. The molecular formula is C59H117NO3. The quantitative estimate of drug-likeness (QED) is 0.0421. The molecule has 0 saturated carbocycles. The first-order valence-corrected chi connectivity index (χ1v) is 29.4. The number of aliphatic hydroxyl groups excluding tert-OH is 2. The summed E-state index contributed by atoms with van der Waals surface area (Å²) in [6, 6.07) is -0.618. The molecule has 0 heterocycles. The van der Waals surface area contributed by atoms with E-state index in [1.807, 2.05) is 6.08 Å². The van der Waals surface area contributed by atoms with Crippen molar-refractivity contribution in [1.82, 2.24) is 5.32 Å². The number of unbranched alkanes of at least 4 members (excludes halogenated alkanes) is 48. The molecule has 0 aromatic rings. The highest BCUT2D eigenvalue weighted by molar-refractivity contribution is 5.76. The second kappa shape index (κ2) is 55.5. The molecule has 2 atom stereocenters. The number of carbonyl (C=O) groups is 1. The second-order valence-electron chi connectivity index (χ2n) is 20.4. The van der Waals surface area contributed by atoms with Gasteiger partial charge in [0.05, 0.1) is 18.8 Å². The van der Waals surface area contributed by atoms with Crippen molar-refractivity contribution in [2.24, 2.45) is 0 Å². The van der Waals surface area contributed by atoms with Crippen LogP contribution in [0.15, 0.2) is 12.2 Å². The summed E-state index contributed by atoms with van der Waals surface area (Å²) < 4.78 is 0. The molecule has 4 heteroatoms. The molecule has 376 valence electrons. The molecule has 1 amide bonds. The van der Waals surface area contributed by atoms with Crippen LogP contribution < -0.4 is 5.32 Å². The summed E-state index contributed by atoms with van der Waals surface area (Å²) in [4.78, 5) is 12.5. The number of allylic oxidation sites excluding steroid dienone is 1. The SMILES string of the molecule is CCCCCCCCCCCCCCCCC/C=C/C(O)C(CO)NC(=O)CCCCCCCCCCCCCCCCCCCCCCCCCCCCCCCCCCCC. The lowest BCUT2D eigenvalue weighted by molar-refractivity contribution is -0.123. The molecule has 0 bridgehead atoms. The van der Waals surface area contributed by atoms with E-state index in [1.165, 1.54) is 295 Å². The van der Waals surface area contributed by atoms with Gasteiger partial charge in [-0.05, 0) is 19.3 Å². The van der Waals surface area contributed by atoms with Gasteiger partial charge < -0.3 is 15.5 Å². The summed E-state index contributed by atoms with van der Waals surface area (Å²) in [6.45, 7) is 4.35. The molecule has 0 fully saturated rings. The number of nitrogens with one attached hydrogen (secondary N) is 1. The van der Waals surface area contributed by atoms with Crippen molar-refractivity contribution >= 4 is 5.91 Å². The minimum Gasteiger partial charge on any atom is -0.394 e. The third kappa shape index (κ3) is 52.0. The maximum Gasteiger partial charge on any atom is 0.220 e. The van der Waals surface area contributed by atoms with E-state index in [0.29, 0.717) is 6.42 Å². The highest BCUT2D eigenvalue weighted by atomic mass is 16.3. The minimum atomic E-state index is -0.835. The fourth-order valence-electron chi connectivity index (χ4n) is 9.54. The van der Waals surface area contributed by atoms with Crippen LogP contribution in [-0.2, 0) is 4.79 Å². The van der Waals surface area contributed by atoms with Gasteiger partial charge in [-0.15, -0.1) is 0 Å². The average molecular weight is 889 g/mol. The Hall–Kier alpha value is -0.870. The zero-order valence-corrected chi connectivity index (χ0v) is 43.4. The zero-order valence-electron chi connectivity index (χ0n) is 43.4. The summed E-state index contributed by atoms with van der Waals surface area (Å²) >= 11 is 0. The normalized spacial score (nSPS) is 12.8. The second-order valence-corrected chi connectivity index (χ2v) is 20.4. The maximum atomic E-state index is 12.5. The van der Waals surface area contributed by atoms with Crippen LogP contribution in [0.25, 0.3) is 0 Å². The van der Waals surface area contributed by atoms with Gasteiger partial charge in [0.1, 0.15) is 0 Å². The van der Waals surface area contributed by atoms with Gasteiger partial charge in [-0.25, -0.2) is 0 Å². The number of hydrogen-bond acceptors (Lipinski definition) is 3. The van der Waals surface area contributed by atoms with E-state index in [-0.39, 0.29) is 12.5 Å². The van der Waals surface area contributed by atoms with Gasteiger partial charge in [0.25, 0.3) is 0 Å². The zero-order chi connectivity index (χ0) is 45.6. The van der Waals surface area contributed by atoms with E-state index < -0.39 is 12.1 Å². The highest BCUT2D eigenvalue weighted by Gasteiger charge is 2.18. The molecular weight excluding hydrogens is 771 g/mol. The monoisotopic (exact) mass is 888 g/mol. The Balaban J connectivity index is 3.38. The molecule has 0 saturated heterocycles. The van der Waals surface area contributed by atoms with Crippen molar-refractivity contribution in [3.63, 3.8) is 0 Å². The van der Waals surface area contributed by atoms with Crippen LogP contribution >= 0.6 is 0 Å². The summed E-state index contributed by atoms with van der Waals surface area (Å²) in [7, 11) is 0. The first-order chi connectivity index (χ1) is 31.2. The lowest BCUT2D eigenvalue weighted by Gasteiger charge is -2.20. The number of amides is 1. The Labute approximate surface area is 397 Å². The minimum absolute atomic E-state index is 0.0557. The molecule has 0 aliphatic carbocycles. The predicted molar refractivity (Wildman–Crippen MR) is 281 cm³/mol. The van der Waals surface area contributed by atoms with E-state index in [0.717, 1.165) is 25.7 Å². The van der Waals surface area contributed by atoms with Crippen molar-refractivity contribution in [3.8, 4) is 0 Å². The van der Waals surface area contributed by atoms with E-state index in [2.05, 4.69) is 19.2 Å². The molecule has 0 radical (unpaired) electrons. The summed E-state index contributed by atoms with van der Waals surface area (Å²) in [5, 5.41) is 23.2. The molecule has 3 N–H and O–H groups in total. The van der Waals surface area contributed by atoms with Gasteiger partial charge in [0.2, 0.25) is 5.91 Å². The van der Waals surface area contributed by atoms with Crippen LogP contribution in [0.2, 0.25) is 0 Å². The molecule has 0 spiro atoms. The lowest BCUT2D eigenvalue weighted by atomic mass is 10.0.